The first-order valence-electron chi connectivity index (χ1n) is 7.22. The van der Waals surface area contributed by atoms with E-state index in [1.54, 1.807) is 11.8 Å². The molecule has 120 valence electrons. The van der Waals surface area contributed by atoms with E-state index in [2.05, 4.69) is 11.6 Å². The second-order valence-electron chi connectivity index (χ2n) is 5.49. The minimum Gasteiger partial charge on any atom is -0.477 e. The highest BCUT2D eigenvalue weighted by Crippen LogP contribution is 2.42. The average Bonchev–Trinajstić information content (AvgIpc) is 2.51. The number of rotatable bonds is 3. The van der Waals surface area contributed by atoms with Crippen LogP contribution in [0.3, 0.4) is 0 Å². The van der Waals surface area contributed by atoms with Crippen LogP contribution in [0.2, 0.25) is 0 Å². The lowest BCUT2D eigenvalue weighted by atomic mass is 9.97. The standard InChI is InChI=1S/C15H18N2O3S.BrH/c1-2-9-8-21-14-11(16-10-6-4-3-5-7-10)13(18)17(14)12(9)15(19)20;/h2,11,14H,1,3-8H2,(H,19,20);1H/t11?,14-;/m1./s1. The molecule has 1 saturated heterocycles. The van der Waals surface area contributed by atoms with Crippen LogP contribution in [0.5, 0.6) is 0 Å². The average molecular weight is 387 g/mol. The number of β-lactam (4-membered cyclic amide) rings is 1. The Balaban J connectivity index is 0.00000176. The van der Waals surface area contributed by atoms with Crippen LogP contribution in [-0.2, 0) is 9.59 Å². The predicted octanol–water partition coefficient (Wildman–Crippen LogP) is 2.78. The number of halogens is 1. The highest BCUT2D eigenvalue weighted by atomic mass is 79.9. The zero-order valence-electron chi connectivity index (χ0n) is 12.2. The molecule has 1 amide bonds. The first kappa shape index (κ1) is 17.3. The summed E-state index contributed by atoms with van der Waals surface area (Å²) in [6, 6.07) is -0.399. The van der Waals surface area contributed by atoms with Gasteiger partial charge in [0.25, 0.3) is 5.91 Å². The number of thioether (sulfide) groups is 1. The zero-order chi connectivity index (χ0) is 15.0. The third-order valence-corrected chi connectivity index (χ3v) is 5.46. The Morgan fingerprint density at radius 1 is 1.36 bits per heavy atom. The summed E-state index contributed by atoms with van der Waals surface area (Å²) in [6.45, 7) is 3.64. The summed E-state index contributed by atoms with van der Waals surface area (Å²) < 4.78 is 0. The van der Waals surface area contributed by atoms with Gasteiger partial charge < -0.3 is 5.11 Å². The Morgan fingerprint density at radius 2 is 2.05 bits per heavy atom. The lowest BCUT2D eigenvalue weighted by Crippen LogP contribution is -2.64. The SMILES string of the molecule is Br.C=CC1=C(C(=O)O)N2C(=O)C(N=C3CCCCC3)[C@H]2SC1. The van der Waals surface area contributed by atoms with E-state index in [0.29, 0.717) is 11.3 Å². The molecule has 1 saturated carbocycles. The van der Waals surface area contributed by atoms with Gasteiger partial charge in [-0.1, -0.05) is 19.1 Å². The number of aliphatic imine (C=N–C) groups is 1. The fourth-order valence-electron chi connectivity index (χ4n) is 3.05. The Kier molecular flexibility index (Phi) is 5.50. The van der Waals surface area contributed by atoms with Crippen molar-refractivity contribution in [2.24, 2.45) is 4.99 Å². The zero-order valence-corrected chi connectivity index (χ0v) is 14.7. The summed E-state index contributed by atoms with van der Waals surface area (Å²) in [5.41, 5.74) is 1.81. The molecule has 3 aliphatic rings. The number of fused-ring (bicyclic) bond motifs is 1. The van der Waals surface area contributed by atoms with Crippen LogP contribution in [0, 0.1) is 0 Å². The van der Waals surface area contributed by atoms with Gasteiger partial charge in [-0.05, 0) is 31.3 Å². The molecule has 0 radical (unpaired) electrons. The Bertz CT molecular complexity index is 565. The number of carbonyl (C=O) groups excluding carboxylic acids is 1. The summed E-state index contributed by atoms with van der Waals surface area (Å²) in [5.74, 6) is -0.685. The molecule has 0 aromatic heterocycles. The van der Waals surface area contributed by atoms with E-state index in [4.69, 9.17) is 0 Å². The van der Waals surface area contributed by atoms with Crippen molar-refractivity contribution in [2.75, 3.05) is 5.75 Å². The van der Waals surface area contributed by atoms with Crippen molar-refractivity contribution in [3.8, 4) is 0 Å². The summed E-state index contributed by atoms with van der Waals surface area (Å²) in [6.07, 6.45) is 6.99. The monoisotopic (exact) mass is 386 g/mol. The van der Waals surface area contributed by atoms with Gasteiger partial charge in [-0.3, -0.25) is 14.7 Å². The van der Waals surface area contributed by atoms with E-state index in [1.807, 2.05) is 0 Å². The van der Waals surface area contributed by atoms with Crippen molar-refractivity contribution >= 4 is 46.3 Å². The maximum absolute atomic E-state index is 12.3. The van der Waals surface area contributed by atoms with Gasteiger partial charge in [-0.2, -0.15) is 0 Å². The third-order valence-electron chi connectivity index (χ3n) is 4.17. The van der Waals surface area contributed by atoms with Gasteiger partial charge in [0.05, 0.1) is 0 Å². The molecule has 0 spiro atoms. The van der Waals surface area contributed by atoms with Gasteiger partial charge >= 0.3 is 5.97 Å². The van der Waals surface area contributed by atoms with Crippen LogP contribution >= 0.6 is 28.7 Å². The Hall–Kier alpha value is -1.08. The third kappa shape index (κ3) is 2.88. The van der Waals surface area contributed by atoms with Crippen molar-refractivity contribution < 1.29 is 14.7 Å². The van der Waals surface area contributed by atoms with E-state index < -0.39 is 12.0 Å². The topological polar surface area (TPSA) is 70.0 Å². The van der Waals surface area contributed by atoms with Crippen LogP contribution < -0.4 is 0 Å². The summed E-state index contributed by atoms with van der Waals surface area (Å²) in [4.78, 5) is 29.7. The van der Waals surface area contributed by atoms with Crippen LogP contribution in [0.4, 0.5) is 0 Å². The van der Waals surface area contributed by atoms with Gasteiger partial charge in [0.2, 0.25) is 0 Å². The van der Waals surface area contributed by atoms with E-state index in [-0.39, 0.29) is 34.0 Å². The molecule has 1 aliphatic carbocycles. The second kappa shape index (κ2) is 7.00. The second-order valence-corrected chi connectivity index (χ2v) is 6.60. The molecule has 3 rings (SSSR count). The van der Waals surface area contributed by atoms with Gasteiger partial charge in [0.1, 0.15) is 11.1 Å². The quantitative estimate of drug-likeness (QED) is 0.757. The number of carboxylic acid groups (broad SMARTS) is 1. The van der Waals surface area contributed by atoms with Crippen molar-refractivity contribution in [1.29, 1.82) is 0 Å². The van der Waals surface area contributed by atoms with Crippen molar-refractivity contribution in [1.82, 2.24) is 4.90 Å². The van der Waals surface area contributed by atoms with E-state index in [1.165, 1.54) is 17.4 Å². The largest absolute Gasteiger partial charge is 0.477 e. The molecule has 1 N–H and O–H groups in total. The molecule has 5 nitrogen and oxygen atoms in total. The molecule has 0 aromatic carbocycles. The number of allylic oxidation sites excluding steroid dienone is 1. The van der Waals surface area contributed by atoms with Gasteiger partial charge in [-0.15, -0.1) is 28.7 Å². The lowest BCUT2D eigenvalue weighted by molar-refractivity contribution is -0.147. The fraction of sp³-hybridized carbons (Fsp3) is 0.533. The molecule has 0 aromatic rings. The van der Waals surface area contributed by atoms with E-state index in [9.17, 15) is 14.7 Å². The molecular weight excluding hydrogens is 368 g/mol. The Morgan fingerprint density at radius 3 is 2.64 bits per heavy atom. The number of amides is 1. The molecule has 2 heterocycles. The highest BCUT2D eigenvalue weighted by molar-refractivity contribution is 8.93. The Labute approximate surface area is 144 Å². The van der Waals surface area contributed by atoms with Crippen molar-refractivity contribution in [2.45, 2.75) is 43.5 Å². The first-order chi connectivity index (χ1) is 10.1. The molecule has 7 heteroatoms. The summed E-state index contributed by atoms with van der Waals surface area (Å²) >= 11 is 1.57. The van der Waals surface area contributed by atoms with Crippen molar-refractivity contribution in [3.63, 3.8) is 0 Å². The van der Waals surface area contributed by atoms with Gasteiger partial charge in [0.15, 0.2) is 6.04 Å². The van der Waals surface area contributed by atoms with Crippen LogP contribution in [0.1, 0.15) is 32.1 Å². The molecule has 2 aliphatic heterocycles. The number of hydrogen-bond donors (Lipinski definition) is 1. The van der Waals surface area contributed by atoms with Crippen molar-refractivity contribution in [3.05, 3.63) is 23.9 Å². The number of aliphatic carboxylic acids is 1. The summed E-state index contributed by atoms with van der Waals surface area (Å²) in [5, 5.41) is 9.18. The van der Waals surface area contributed by atoms with Crippen LogP contribution in [-0.4, -0.2) is 44.8 Å². The normalized spacial score (nSPS) is 27.5. The first-order valence-corrected chi connectivity index (χ1v) is 8.27. The number of nitrogens with zero attached hydrogens (tertiary/aromatic N) is 2. The molecule has 2 atom stereocenters. The van der Waals surface area contributed by atoms with Crippen LogP contribution in [0.25, 0.3) is 0 Å². The van der Waals surface area contributed by atoms with Crippen LogP contribution in [0.15, 0.2) is 28.9 Å². The molecule has 2 fully saturated rings. The van der Waals surface area contributed by atoms with E-state index >= 15 is 0 Å². The van der Waals surface area contributed by atoms with Gasteiger partial charge in [0, 0.05) is 11.5 Å². The maximum atomic E-state index is 12.3. The number of carboxylic acids is 1. The fourth-order valence-corrected chi connectivity index (χ4v) is 4.37. The van der Waals surface area contributed by atoms with Gasteiger partial charge in [-0.25, -0.2) is 4.79 Å². The highest BCUT2D eigenvalue weighted by Gasteiger charge is 2.53. The molecule has 0 bridgehead atoms. The molecular formula is C15H19BrN2O3S. The minimum atomic E-state index is -1.06. The predicted molar refractivity (Wildman–Crippen MR) is 92.6 cm³/mol. The maximum Gasteiger partial charge on any atom is 0.352 e. The molecule has 22 heavy (non-hydrogen) atoms. The lowest BCUT2D eigenvalue weighted by Gasteiger charge is -2.47. The molecule has 1 unspecified atom stereocenters. The smallest absolute Gasteiger partial charge is 0.352 e. The number of carbonyl (C=O) groups is 2. The number of hydrogen-bond acceptors (Lipinski definition) is 4. The minimum absolute atomic E-state index is 0. The van der Waals surface area contributed by atoms with E-state index in [0.717, 1.165) is 31.4 Å². The summed E-state index contributed by atoms with van der Waals surface area (Å²) in [7, 11) is 0.